The highest BCUT2D eigenvalue weighted by Gasteiger charge is 2.31. The van der Waals surface area contributed by atoms with E-state index in [2.05, 4.69) is 22.2 Å². The Morgan fingerprint density at radius 1 is 1.35 bits per heavy atom. The highest BCUT2D eigenvalue weighted by molar-refractivity contribution is 7.91. The number of hydrogen-bond acceptors (Lipinski definition) is 6. The van der Waals surface area contributed by atoms with Crippen LogP contribution in [0.2, 0.25) is 0 Å². The van der Waals surface area contributed by atoms with Gasteiger partial charge in [0.15, 0.2) is 9.84 Å². The van der Waals surface area contributed by atoms with Gasteiger partial charge in [0, 0.05) is 19.6 Å². The summed E-state index contributed by atoms with van der Waals surface area (Å²) in [7, 11) is -1.13. The maximum absolute atomic E-state index is 11.9. The topological polar surface area (TPSA) is 92.3 Å². The Labute approximate surface area is 137 Å². The van der Waals surface area contributed by atoms with Gasteiger partial charge < -0.3 is 10.2 Å². The molecular weight excluding hydrogens is 316 g/mol. The van der Waals surface area contributed by atoms with Gasteiger partial charge in [-0.05, 0) is 12.8 Å². The summed E-state index contributed by atoms with van der Waals surface area (Å²) in [5.41, 5.74) is 0.276. The summed E-state index contributed by atoms with van der Waals surface area (Å²) in [6.07, 6.45) is 6.69. The summed E-state index contributed by atoms with van der Waals surface area (Å²) in [5, 5.41) is 2.81. The average Bonchev–Trinajstić information content (AvgIpc) is 2.91. The Kier molecular flexibility index (Phi) is 5.92. The first-order chi connectivity index (χ1) is 10.9. The van der Waals surface area contributed by atoms with Crippen molar-refractivity contribution in [1.82, 2.24) is 15.3 Å². The first kappa shape index (κ1) is 17.7. The van der Waals surface area contributed by atoms with E-state index in [0.717, 1.165) is 19.3 Å². The molecule has 128 valence electrons. The van der Waals surface area contributed by atoms with Crippen LogP contribution in [0.15, 0.2) is 12.4 Å². The van der Waals surface area contributed by atoms with E-state index < -0.39 is 9.84 Å². The van der Waals surface area contributed by atoms with Gasteiger partial charge >= 0.3 is 0 Å². The number of nitrogens with one attached hydrogen (secondary N) is 1. The lowest BCUT2D eigenvalue weighted by atomic mass is 10.2. The van der Waals surface area contributed by atoms with Crippen LogP contribution in [-0.4, -0.2) is 55.4 Å². The summed E-state index contributed by atoms with van der Waals surface area (Å²) < 4.78 is 23.1. The molecule has 0 bridgehead atoms. The second-order valence-electron chi connectivity index (χ2n) is 5.89. The van der Waals surface area contributed by atoms with Gasteiger partial charge in [-0.2, -0.15) is 0 Å². The summed E-state index contributed by atoms with van der Waals surface area (Å²) >= 11 is 0. The van der Waals surface area contributed by atoms with Crippen molar-refractivity contribution in [3.05, 3.63) is 18.1 Å². The van der Waals surface area contributed by atoms with Gasteiger partial charge in [-0.25, -0.2) is 18.4 Å². The maximum atomic E-state index is 11.9. The number of anilines is 1. The van der Waals surface area contributed by atoms with Crippen LogP contribution in [0.4, 0.5) is 5.82 Å². The number of hydrogen-bond donors (Lipinski definition) is 1. The van der Waals surface area contributed by atoms with Crippen molar-refractivity contribution in [3.63, 3.8) is 0 Å². The van der Waals surface area contributed by atoms with E-state index in [0.29, 0.717) is 18.8 Å². The second kappa shape index (κ2) is 7.72. The molecule has 1 atom stereocenters. The largest absolute Gasteiger partial charge is 0.354 e. The minimum Gasteiger partial charge on any atom is -0.354 e. The van der Waals surface area contributed by atoms with Crippen LogP contribution in [0.1, 0.15) is 43.1 Å². The molecule has 0 aromatic carbocycles. The third kappa shape index (κ3) is 4.89. The molecule has 1 unspecified atom stereocenters. The third-order valence-electron chi connectivity index (χ3n) is 4.05. The monoisotopic (exact) mass is 340 g/mol. The van der Waals surface area contributed by atoms with Gasteiger partial charge in [-0.3, -0.25) is 4.79 Å². The van der Waals surface area contributed by atoms with Crippen molar-refractivity contribution in [2.45, 2.75) is 38.6 Å². The zero-order valence-electron chi connectivity index (χ0n) is 13.7. The fraction of sp³-hybridized carbons (Fsp3) is 0.667. The van der Waals surface area contributed by atoms with Crippen LogP contribution in [0.3, 0.4) is 0 Å². The van der Waals surface area contributed by atoms with Gasteiger partial charge in [0.05, 0.1) is 23.9 Å². The van der Waals surface area contributed by atoms with Gasteiger partial charge in [0.1, 0.15) is 11.5 Å². The molecule has 1 aromatic heterocycles. The normalized spacial score (nSPS) is 19.5. The highest BCUT2D eigenvalue weighted by Crippen LogP contribution is 2.20. The van der Waals surface area contributed by atoms with E-state index in [4.69, 9.17) is 0 Å². The number of sulfone groups is 1. The lowest BCUT2D eigenvalue weighted by molar-refractivity contribution is 0.0947. The molecule has 8 heteroatoms. The minimum absolute atomic E-state index is 0.0805. The SMILES string of the molecule is CCCCCNC(=O)c1cnc(N(C)C2CCS(=O)(=O)C2)cn1. The molecule has 0 spiro atoms. The second-order valence-corrected chi connectivity index (χ2v) is 8.12. The van der Waals surface area contributed by atoms with Crippen molar-refractivity contribution in [3.8, 4) is 0 Å². The standard InChI is InChI=1S/C15H24N4O3S/c1-3-4-5-7-16-15(20)13-9-18-14(10-17-13)19(2)12-6-8-23(21,22)11-12/h9-10,12H,3-8,11H2,1-2H3,(H,16,20). The van der Waals surface area contributed by atoms with Crippen LogP contribution >= 0.6 is 0 Å². The number of unbranched alkanes of at least 4 members (excludes halogenated alkanes) is 2. The Morgan fingerprint density at radius 2 is 2.13 bits per heavy atom. The molecule has 1 aromatic rings. The van der Waals surface area contributed by atoms with Crippen molar-refractivity contribution in [2.24, 2.45) is 0 Å². The molecule has 0 radical (unpaired) electrons. The fourth-order valence-corrected chi connectivity index (χ4v) is 4.33. The molecule has 1 aliphatic heterocycles. The molecule has 23 heavy (non-hydrogen) atoms. The molecule has 1 amide bonds. The average molecular weight is 340 g/mol. The van der Waals surface area contributed by atoms with Crippen molar-refractivity contribution in [2.75, 3.05) is 30.0 Å². The van der Waals surface area contributed by atoms with E-state index in [1.807, 2.05) is 4.90 Å². The zero-order chi connectivity index (χ0) is 16.9. The van der Waals surface area contributed by atoms with Gasteiger partial charge in [0.2, 0.25) is 0 Å². The molecule has 2 heterocycles. The smallest absolute Gasteiger partial charge is 0.271 e. The number of aromatic nitrogens is 2. The van der Waals surface area contributed by atoms with Crippen LogP contribution in [0.5, 0.6) is 0 Å². The van der Waals surface area contributed by atoms with E-state index in [-0.39, 0.29) is 29.1 Å². The predicted octanol–water partition coefficient (Wildman–Crippen LogP) is 1.02. The summed E-state index contributed by atoms with van der Waals surface area (Å²) in [6.45, 7) is 2.74. The first-order valence-corrected chi connectivity index (χ1v) is 9.78. The zero-order valence-corrected chi connectivity index (χ0v) is 14.5. The molecular formula is C15H24N4O3S. The molecule has 0 aliphatic carbocycles. The van der Waals surface area contributed by atoms with E-state index >= 15 is 0 Å². The minimum atomic E-state index is -2.94. The van der Waals surface area contributed by atoms with E-state index in [1.54, 1.807) is 7.05 Å². The lowest BCUT2D eigenvalue weighted by Gasteiger charge is -2.23. The quantitative estimate of drug-likeness (QED) is 0.745. The van der Waals surface area contributed by atoms with Crippen LogP contribution in [0.25, 0.3) is 0 Å². The lowest BCUT2D eigenvalue weighted by Crippen LogP contribution is -2.33. The number of carbonyl (C=O) groups is 1. The van der Waals surface area contributed by atoms with Crippen LogP contribution < -0.4 is 10.2 Å². The van der Waals surface area contributed by atoms with E-state index in [9.17, 15) is 13.2 Å². The fourth-order valence-electron chi connectivity index (χ4n) is 2.56. The summed E-state index contributed by atoms with van der Waals surface area (Å²) in [6, 6.07) is -0.0805. The molecule has 1 aliphatic rings. The van der Waals surface area contributed by atoms with Gasteiger partial charge in [-0.15, -0.1) is 0 Å². The predicted molar refractivity (Wildman–Crippen MR) is 89.4 cm³/mol. The molecule has 1 N–H and O–H groups in total. The number of nitrogens with zero attached hydrogens (tertiary/aromatic N) is 3. The number of carbonyl (C=O) groups excluding carboxylic acids is 1. The Balaban J connectivity index is 1.92. The highest BCUT2D eigenvalue weighted by atomic mass is 32.2. The van der Waals surface area contributed by atoms with Gasteiger partial charge in [0.25, 0.3) is 5.91 Å². The van der Waals surface area contributed by atoms with Crippen molar-refractivity contribution >= 4 is 21.6 Å². The van der Waals surface area contributed by atoms with Crippen molar-refractivity contribution < 1.29 is 13.2 Å². The van der Waals surface area contributed by atoms with E-state index in [1.165, 1.54) is 12.4 Å². The summed E-state index contributed by atoms with van der Waals surface area (Å²) in [4.78, 5) is 22.1. The molecule has 1 saturated heterocycles. The Hall–Kier alpha value is -1.70. The molecule has 2 rings (SSSR count). The number of amides is 1. The molecule has 7 nitrogen and oxygen atoms in total. The summed E-state index contributed by atoms with van der Waals surface area (Å²) in [5.74, 6) is 0.708. The van der Waals surface area contributed by atoms with Crippen molar-refractivity contribution in [1.29, 1.82) is 0 Å². The number of rotatable bonds is 7. The Morgan fingerprint density at radius 3 is 2.70 bits per heavy atom. The molecule has 1 fully saturated rings. The van der Waals surface area contributed by atoms with Crippen LogP contribution in [0, 0.1) is 0 Å². The van der Waals surface area contributed by atoms with Crippen LogP contribution in [-0.2, 0) is 9.84 Å². The van der Waals surface area contributed by atoms with Gasteiger partial charge in [-0.1, -0.05) is 19.8 Å². The first-order valence-electron chi connectivity index (χ1n) is 7.96. The maximum Gasteiger partial charge on any atom is 0.271 e. The third-order valence-corrected chi connectivity index (χ3v) is 5.80. The molecule has 0 saturated carbocycles. The Bertz CT molecular complexity index is 631.